The minimum absolute atomic E-state index is 0.775. The monoisotopic (exact) mass is 374 g/mol. The highest BCUT2D eigenvalue weighted by molar-refractivity contribution is 7.98. The standard InChI is InChI=1S/C21H18N4OS/c1-26-19-11-5-8-17(13-19)20-23-24-21(25(20)18-9-3-2-4-10-18)27-15-16-7-6-12-22-14-16/h2-14H,15H2,1H3. The van der Waals surface area contributed by atoms with Gasteiger partial charge in [-0.25, -0.2) is 0 Å². The SMILES string of the molecule is COc1cccc(-c2nnc(SCc3cccnc3)n2-c2ccccc2)c1. The number of ether oxygens (including phenoxy) is 1. The molecule has 0 radical (unpaired) electrons. The second-order valence-electron chi connectivity index (χ2n) is 5.86. The summed E-state index contributed by atoms with van der Waals surface area (Å²) in [6.45, 7) is 0. The molecule has 0 N–H and O–H groups in total. The molecule has 0 atom stereocenters. The van der Waals surface area contributed by atoms with Crippen molar-refractivity contribution in [2.75, 3.05) is 7.11 Å². The lowest BCUT2D eigenvalue weighted by Crippen LogP contribution is -2.00. The average molecular weight is 374 g/mol. The number of methoxy groups -OCH3 is 1. The number of hydrogen-bond acceptors (Lipinski definition) is 5. The zero-order valence-electron chi connectivity index (χ0n) is 14.8. The van der Waals surface area contributed by atoms with Crippen molar-refractivity contribution in [2.45, 2.75) is 10.9 Å². The summed E-state index contributed by atoms with van der Waals surface area (Å²) in [4.78, 5) is 4.18. The van der Waals surface area contributed by atoms with Gasteiger partial charge in [-0.1, -0.05) is 48.2 Å². The van der Waals surface area contributed by atoms with Crippen LogP contribution in [0, 0.1) is 0 Å². The van der Waals surface area contributed by atoms with Crippen molar-refractivity contribution in [3.63, 3.8) is 0 Å². The molecule has 4 aromatic rings. The van der Waals surface area contributed by atoms with Crippen LogP contribution in [0.15, 0.2) is 84.3 Å². The Bertz CT molecular complexity index is 1020. The van der Waals surface area contributed by atoms with Crippen molar-refractivity contribution in [1.82, 2.24) is 19.7 Å². The van der Waals surface area contributed by atoms with Gasteiger partial charge in [0.2, 0.25) is 0 Å². The number of benzene rings is 2. The Kier molecular flexibility index (Phi) is 5.16. The minimum Gasteiger partial charge on any atom is -0.497 e. The second-order valence-corrected chi connectivity index (χ2v) is 6.80. The third-order valence-corrected chi connectivity index (χ3v) is 5.07. The number of thioether (sulfide) groups is 1. The number of pyridine rings is 1. The number of para-hydroxylation sites is 1. The van der Waals surface area contributed by atoms with E-state index in [2.05, 4.69) is 37.9 Å². The Hall–Kier alpha value is -3.12. The first kappa shape index (κ1) is 17.3. The van der Waals surface area contributed by atoms with E-state index in [-0.39, 0.29) is 0 Å². The largest absolute Gasteiger partial charge is 0.497 e. The molecule has 0 spiro atoms. The second kappa shape index (κ2) is 8.05. The van der Waals surface area contributed by atoms with Gasteiger partial charge in [0.05, 0.1) is 7.11 Å². The maximum Gasteiger partial charge on any atom is 0.196 e. The maximum atomic E-state index is 5.36. The zero-order chi connectivity index (χ0) is 18.5. The van der Waals surface area contributed by atoms with Crippen molar-refractivity contribution in [2.24, 2.45) is 0 Å². The van der Waals surface area contributed by atoms with E-state index in [9.17, 15) is 0 Å². The van der Waals surface area contributed by atoms with Crippen molar-refractivity contribution >= 4 is 11.8 Å². The zero-order valence-corrected chi connectivity index (χ0v) is 15.6. The fourth-order valence-corrected chi connectivity index (χ4v) is 3.64. The smallest absolute Gasteiger partial charge is 0.196 e. The van der Waals surface area contributed by atoms with Crippen molar-refractivity contribution in [1.29, 1.82) is 0 Å². The van der Waals surface area contributed by atoms with E-state index in [0.717, 1.165) is 39.3 Å². The molecule has 2 heterocycles. The van der Waals surface area contributed by atoms with Crippen LogP contribution < -0.4 is 4.74 Å². The highest BCUT2D eigenvalue weighted by atomic mass is 32.2. The van der Waals surface area contributed by atoms with Crippen LogP contribution in [-0.4, -0.2) is 26.9 Å². The molecule has 5 nitrogen and oxygen atoms in total. The summed E-state index contributed by atoms with van der Waals surface area (Å²) in [5, 5.41) is 9.76. The van der Waals surface area contributed by atoms with Gasteiger partial charge in [0, 0.05) is 29.4 Å². The number of hydrogen-bond donors (Lipinski definition) is 0. The third kappa shape index (κ3) is 3.85. The molecule has 0 saturated carbocycles. The van der Waals surface area contributed by atoms with Gasteiger partial charge in [0.15, 0.2) is 11.0 Å². The van der Waals surface area contributed by atoms with E-state index in [1.54, 1.807) is 25.1 Å². The van der Waals surface area contributed by atoms with Crippen LogP contribution >= 0.6 is 11.8 Å². The van der Waals surface area contributed by atoms with Gasteiger partial charge in [-0.3, -0.25) is 9.55 Å². The molecule has 0 amide bonds. The van der Waals surface area contributed by atoms with Gasteiger partial charge in [-0.15, -0.1) is 10.2 Å². The minimum atomic E-state index is 0.775. The molecule has 0 bridgehead atoms. The lowest BCUT2D eigenvalue weighted by atomic mass is 10.2. The Morgan fingerprint density at radius 1 is 0.963 bits per heavy atom. The number of rotatable bonds is 6. The van der Waals surface area contributed by atoms with E-state index in [1.807, 2.05) is 54.7 Å². The van der Waals surface area contributed by atoms with Gasteiger partial charge in [0.25, 0.3) is 0 Å². The molecule has 134 valence electrons. The average Bonchev–Trinajstić information content (AvgIpc) is 3.17. The van der Waals surface area contributed by atoms with Gasteiger partial charge >= 0.3 is 0 Å². The number of aromatic nitrogens is 4. The molecule has 0 unspecified atom stereocenters. The number of nitrogens with zero attached hydrogens (tertiary/aromatic N) is 4. The first-order valence-corrected chi connectivity index (χ1v) is 9.50. The molecule has 0 fully saturated rings. The summed E-state index contributed by atoms with van der Waals surface area (Å²) in [5.41, 5.74) is 3.13. The molecule has 2 aromatic carbocycles. The highest BCUT2D eigenvalue weighted by Crippen LogP contribution is 2.30. The highest BCUT2D eigenvalue weighted by Gasteiger charge is 2.16. The molecule has 0 aliphatic rings. The summed E-state index contributed by atoms with van der Waals surface area (Å²) in [6.07, 6.45) is 3.65. The van der Waals surface area contributed by atoms with Crippen LogP contribution in [0.1, 0.15) is 5.56 Å². The van der Waals surface area contributed by atoms with Crippen LogP contribution in [0.5, 0.6) is 5.75 Å². The Labute approximate surface area is 162 Å². The van der Waals surface area contributed by atoms with E-state index in [4.69, 9.17) is 4.74 Å². The van der Waals surface area contributed by atoms with Crippen LogP contribution in [0.3, 0.4) is 0 Å². The summed E-state index contributed by atoms with van der Waals surface area (Å²) in [7, 11) is 1.66. The molecule has 6 heteroatoms. The molecule has 4 rings (SSSR count). The third-order valence-electron chi connectivity index (χ3n) is 4.07. The molecular weight excluding hydrogens is 356 g/mol. The fraction of sp³-hybridized carbons (Fsp3) is 0.0952. The lowest BCUT2D eigenvalue weighted by molar-refractivity contribution is 0.415. The van der Waals surface area contributed by atoms with Gasteiger partial charge in [-0.2, -0.15) is 0 Å². The van der Waals surface area contributed by atoms with Crippen LogP contribution in [-0.2, 0) is 5.75 Å². The topological polar surface area (TPSA) is 52.8 Å². The molecule has 0 aliphatic carbocycles. The fourth-order valence-electron chi connectivity index (χ4n) is 2.75. The summed E-state index contributed by atoms with van der Waals surface area (Å²) >= 11 is 1.64. The predicted molar refractivity (Wildman–Crippen MR) is 107 cm³/mol. The molecule has 27 heavy (non-hydrogen) atoms. The van der Waals surface area contributed by atoms with Gasteiger partial charge < -0.3 is 4.74 Å². The Balaban J connectivity index is 1.74. The molecule has 0 aliphatic heterocycles. The van der Waals surface area contributed by atoms with Gasteiger partial charge in [-0.05, 0) is 35.9 Å². The Morgan fingerprint density at radius 3 is 2.63 bits per heavy atom. The summed E-state index contributed by atoms with van der Waals surface area (Å²) < 4.78 is 7.44. The predicted octanol–water partition coefficient (Wildman–Crippen LogP) is 4.63. The summed E-state index contributed by atoms with van der Waals surface area (Å²) in [6, 6.07) is 22.0. The van der Waals surface area contributed by atoms with Gasteiger partial charge in [0.1, 0.15) is 5.75 Å². The van der Waals surface area contributed by atoms with Crippen molar-refractivity contribution < 1.29 is 4.74 Å². The van der Waals surface area contributed by atoms with Crippen molar-refractivity contribution in [3.05, 3.63) is 84.7 Å². The maximum absolute atomic E-state index is 5.36. The normalized spacial score (nSPS) is 10.7. The van der Waals surface area contributed by atoms with Crippen molar-refractivity contribution in [3.8, 4) is 22.8 Å². The van der Waals surface area contributed by atoms with Crippen LogP contribution in [0.4, 0.5) is 0 Å². The first-order valence-electron chi connectivity index (χ1n) is 8.52. The first-order chi connectivity index (χ1) is 13.3. The molecular formula is C21H18N4OS. The molecule has 0 saturated heterocycles. The summed E-state index contributed by atoms with van der Waals surface area (Å²) in [5.74, 6) is 2.35. The van der Waals surface area contributed by atoms with E-state index in [1.165, 1.54) is 0 Å². The van der Waals surface area contributed by atoms with E-state index in [0.29, 0.717) is 0 Å². The molecule has 2 aromatic heterocycles. The van der Waals surface area contributed by atoms with E-state index < -0.39 is 0 Å². The Morgan fingerprint density at radius 2 is 1.85 bits per heavy atom. The van der Waals surface area contributed by atoms with E-state index >= 15 is 0 Å². The van der Waals surface area contributed by atoms with Crippen LogP contribution in [0.25, 0.3) is 17.1 Å². The quantitative estimate of drug-likeness (QED) is 0.461. The van der Waals surface area contributed by atoms with Crippen LogP contribution in [0.2, 0.25) is 0 Å². The lowest BCUT2D eigenvalue weighted by Gasteiger charge is -2.11.